The number of hydrogen-bond acceptors (Lipinski definition) is 2. The van der Waals surface area contributed by atoms with Gasteiger partial charge in [0.05, 0.1) is 12.1 Å². The molecule has 2 N–H and O–H groups in total. The van der Waals surface area contributed by atoms with Gasteiger partial charge in [0.25, 0.3) is 0 Å². The summed E-state index contributed by atoms with van der Waals surface area (Å²) in [5.74, 6) is 0.925. The summed E-state index contributed by atoms with van der Waals surface area (Å²) in [5.41, 5.74) is 3.57. The smallest absolute Gasteiger partial charge is 0.119 e. The molecule has 1 aromatic heterocycles. The highest BCUT2D eigenvalue weighted by Gasteiger charge is 2.01. The van der Waals surface area contributed by atoms with Gasteiger partial charge in [0.15, 0.2) is 0 Å². The van der Waals surface area contributed by atoms with Crippen molar-refractivity contribution < 1.29 is 4.74 Å². The molecule has 0 spiro atoms. The molecule has 0 fully saturated rings. The van der Waals surface area contributed by atoms with Crippen molar-refractivity contribution in [3.63, 3.8) is 0 Å². The van der Waals surface area contributed by atoms with Crippen LogP contribution in [-0.2, 0) is 6.54 Å². The number of hydrogen-bond donors (Lipinski definition) is 2. The molecule has 0 atom stereocenters. The molecule has 1 heterocycles. The average Bonchev–Trinajstić information content (AvgIpc) is 3.01. The van der Waals surface area contributed by atoms with Crippen molar-refractivity contribution in [2.75, 3.05) is 11.9 Å². The van der Waals surface area contributed by atoms with Crippen molar-refractivity contribution in [1.29, 1.82) is 0 Å². The summed E-state index contributed by atoms with van der Waals surface area (Å²) in [6.07, 6.45) is 3.01. The van der Waals surface area contributed by atoms with Gasteiger partial charge in [-0.15, -0.1) is 0 Å². The summed E-state index contributed by atoms with van der Waals surface area (Å²) in [5, 5.41) is 4.70. The molecule has 3 rings (SSSR count). The van der Waals surface area contributed by atoms with E-state index in [0.717, 1.165) is 31.0 Å². The fraction of sp³-hybridized carbons (Fsp3) is 0.222. The normalized spacial score (nSPS) is 10.7. The van der Waals surface area contributed by atoms with Gasteiger partial charge in [0.1, 0.15) is 5.75 Å². The second kappa shape index (κ2) is 6.35. The summed E-state index contributed by atoms with van der Waals surface area (Å²) in [7, 11) is 0. The van der Waals surface area contributed by atoms with Crippen molar-refractivity contribution in [2.24, 2.45) is 0 Å². The Bertz CT molecular complexity index is 701. The molecule has 0 amide bonds. The lowest BCUT2D eigenvalue weighted by Crippen LogP contribution is -2.00. The van der Waals surface area contributed by atoms with Gasteiger partial charge in [-0.2, -0.15) is 0 Å². The standard InChI is InChI=1S/C18H20N2O/c1-2-12-21-17-8-6-16(7-9-17)20-13-15-5-3-4-14-10-11-19-18(14)15/h3-11,19-20H,2,12-13H2,1H3. The zero-order valence-electron chi connectivity index (χ0n) is 12.2. The molecule has 21 heavy (non-hydrogen) atoms. The second-order valence-electron chi connectivity index (χ2n) is 5.09. The number of aromatic nitrogens is 1. The van der Waals surface area contributed by atoms with Gasteiger partial charge in [-0.05, 0) is 47.7 Å². The fourth-order valence-corrected chi connectivity index (χ4v) is 2.38. The Morgan fingerprint density at radius 2 is 1.90 bits per heavy atom. The Morgan fingerprint density at radius 3 is 2.71 bits per heavy atom. The van der Waals surface area contributed by atoms with Gasteiger partial charge >= 0.3 is 0 Å². The molecule has 0 aliphatic heterocycles. The van der Waals surface area contributed by atoms with Gasteiger partial charge in [-0.25, -0.2) is 0 Å². The van der Waals surface area contributed by atoms with Crippen molar-refractivity contribution in [2.45, 2.75) is 19.9 Å². The van der Waals surface area contributed by atoms with Crippen molar-refractivity contribution in [3.05, 3.63) is 60.3 Å². The predicted octanol–water partition coefficient (Wildman–Crippen LogP) is 4.57. The number of fused-ring (bicyclic) bond motifs is 1. The summed E-state index contributed by atoms with van der Waals surface area (Å²) in [6.45, 7) is 3.67. The minimum absolute atomic E-state index is 0.765. The average molecular weight is 280 g/mol. The van der Waals surface area contributed by atoms with Crippen molar-refractivity contribution in [3.8, 4) is 5.75 Å². The van der Waals surface area contributed by atoms with E-state index < -0.39 is 0 Å². The molecule has 0 aliphatic rings. The molecule has 0 radical (unpaired) electrons. The second-order valence-corrected chi connectivity index (χ2v) is 5.09. The summed E-state index contributed by atoms with van der Waals surface area (Å²) < 4.78 is 5.59. The van der Waals surface area contributed by atoms with Crippen LogP contribution < -0.4 is 10.1 Å². The van der Waals surface area contributed by atoms with Gasteiger partial charge in [-0.3, -0.25) is 0 Å². The molecular formula is C18H20N2O. The number of benzene rings is 2. The molecule has 0 aliphatic carbocycles. The third-order valence-electron chi connectivity index (χ3n) is 3.48. The van der Waals surface area contributed by atoms with Crippen LogP contribution in [0.3, 0.4) is 0 Å². The molecule has 0 saturated carbocycles. The quantitative estimate of drug-likeness (QED) is 0.694. The minimum Gasteiger partial charge on any atom is -0.494 e. The zero-order chi connectivity index (χ0) is 14.5. The highest BCUT2D eigenvalue weighted by Crippen LogP contribution is 2.20. The Hall–Kier alpha value is -2.42. The summed E-state index contributed by atoms with van der Waals surface area (Å²) in [6, 6.07) is 16.6. The van der Waals surface area contributed by atoms with Crippen LogP contribution in [0, 0.1) is 0 Å². The molecular weight excluding hydrogens is 260 g/mol. The monoisotopic (exact) mass is 280 g/mol. The maximum Gasteiger partial charge on any atom is 0.119 e. The van der Waals surface area contributed by atoms with Gasteiger partial charge < -0.3 is 15.0 Å². The molecule has 108 valence electrons. The first kappa shape index (κ1) is 13.6. The number of para-hydroxylation sites is 1. The largest absolute Gasteiger partial charge is 0.494 e. The molecule has 3 aromatic rings. The lowest BCUT2D eigenvalue weighted by molar-refractivity contribution is 0.317. The van der Waals surface area contributed by atoms with E-state index >= 15 is 0 Å². The van der Waals surface area contributed by atoms with E-state index in [1.54, 1.807) is 0 Å². The van der Waals surface area contributed by atoms with E-state index in [2.05, 4.69) is 53.6 Å². The SMILES string of the molecule is CCCOc1ccc(NCc2cccc3cc[nH]c23)cc1. The third kappa shape index (κ3) is 3.19. The van der Waals surface area contributed by atoms with E-state index in [1.165, 1.54) is 16.5 Å². The number of ether oxygens (including phenoxy) is 1. The van der Waals surface area contributed by atoms with Crippen molar-refractivity contribution >= 4 is 16.6 Å². The first-order valence-corrected chi connectivity index (χ1v) is 7.38. The van der Waals surface area contributed by atoms with Crippen LogP contribution in [0.2, 0.25) is 0 Å². The van der Waals surface area contributed by atoms with Crippen LogP contribution in [0.4, 0.5) is 5.69 Å². The number of nitrogens with one attached hydrogen (secondary N) is 2. The Morgan fingerprint density at radius 1 is 1.05 bits per heavy atom. The van der Waals surface area contributed by atoms with Gasteiger partial charge in [0, 0.05) is 18.4 Å². The van der Waals surface area contributed by atoms with E-state index in [9.17, 15) is 0 Å². The van der Waals surface area contributed by atoms with Crippen LogP contribution in [0.5, 0.6) is 5.75 Å². The number of anilines is 1. The van der Waals surface area contributed by atoms with Crippen LogP contribution >= 0.6 is 0 Å². The first-order valence-electron chi connectivity index (χ1n) is 7.38. The lowest BCUT2D eigenvalue weighted by Gasteiger charge is -2.09. The molecule has 3 nitrogen and oxygen atoms in total. The minimum atomic E-state index is 0.765. The topological polar surface area (TPSA) is 37.0 Å². The molecule has 2 aromatic carbocycles. The lowest BCUT2D eigenvalue weighted by atomic mass is 10.1. The molecule has 0 saturated heterocycles. The predicted molar refractivity (Wildman–Crippen MR) is 87.9 cm³/mol. The highest BCUT2D eigenvalue weighted by atomic mass is 16.5. The van der Waals surface area contributed by atoms with Crippen LogP contribution in [0.25, 0.3) is 10.9 Å². The molecule has 0 unspecified atom stereocenters. The first-order chi connectivity index (χ1) is 10.4. The number of H-pyrrole nitrogens is 1. The van der Waals surface area contributed by atoms with E-state index in [0.29, 0.717) is 0 Å². The fourth-order valence-electron chi connectivity index (χ4n) is 2.38. The van der Waals surface area contributed by atoms with E-state index in [4.69, 9.17) is 4.74 Å². The number of aromatic amines is 1. The number of rotatable bonds is 6. The summed E-state index contributed by atoms with van der Waals surface area (Å²) in [4.78, 5) is 3.30. The zero-order valence-corrected chi connectivity index (χ0v) is 12.2. The van der Waals surface area contributed by atoms with Crippen LogP contribution in [0.15, 0.2) is 54.7 Å². The molecule has 0 bridgehead atoms. The van der Waals surface area contributed by atoms with E-state index in [1.807, 2.05) is 18.3 Å². The molecule has 3 heteroatoms. The highest BCUT2D eigenvalue weighted by molar-refractivity contribution is 5.82. The summed E-state index contributed by atoms with van der Waals surface area (Å²) >= 11 is 0. The maximum absolute atomic E-state index is 5.59. The van der Waals surface area contributed by atoms with Crippen LogP contribution in [0.1, 0.15) is 18.9 Å². The Kier molecular flexibility index (Phi) is 4.10. The van der Waals surface area contributed by atoms with E-state index in [-0.39, 0.29) is 0 Å². The maximum atomic E-state index is 5.59. The van der Waals surface area contributed by atoms with Gasteiger partial charge in [0.2, 0.25) is 0 Å². The third-order valence-corrected chi connectivity index (χ3v) is 3.48. The van der Waals surface area contributed by atoms with Gasteiger partial charge in [-0.1, -0.05) is 25.1 Å². The van der Waals surface area contributed by atoms with Crippen molar-refractivity contribution in [1.82, 2.24) is 4.98 Å². The Labute approximate surface area is 125 Å². The Balaban J connectivity index is 1.66. The van der Waals surface area contributed by atoms with Crippen LogP contribution in [-0.4, -0.2) is 11.6 Å².